The van der Waals surface area contributed by atoms with Crippen LogP contribution in [0.1, 0.15) is 31.9 Å². The van der Waals surface area contributed by atoms with Gasteiger partial charge in [0.15, 0.2) is 0 Å². The minimum Gasteiger partial charge on any atom is -0.489 e. The fourth-order valence-corrected chi connectivity index (χ4v) is 2.29. The quantitative estimate of drug-likeness (QED) is 0.810. The molecule has 2 N–H and O–H groups in total. The molecule has 2 aromatic carbocycles. The Hall–Kier alpha value is -1.48. The number of hydrogen-bond donors (Lipinski definition) is 1. The third kappa shape index (κ3) is 3.76. The third-order valence-electron chi connectivity index (χ3n) is 3.22. The topological polar surface area (TPSA) is 35.2 Å². The van der Waals surface area contributed by atoms with E-state index in [1.54, 1.807) is 0 Å². The van der Waals surface area contributed by atoms with Gasteiger partial charge in [0.25, 0.3) is 0 Å². The van der Waals surface area contributed by atoms with E-state index < -0.39 is 0 Å². The van der Waals surface area contributed by atoms with Gasteiger partial charge in [0.05, 0.1) is 0 Å². The van der Waals surface area contributed by atoms with E-state index in [4.69, 9.17) is 10.5 Å². The first kappa shape index (κ1) is 14.9. The molecule has 0 atom stereocenters. The summed E-state index contributed by atoms with van der Waals surface area (Å²) in [6.07, 6.45) is 0. The van der Waals surface area contributed by atoms with Gasteiger partial charge in [-0.2, -0.15) is 0 Å². The van der Waals surface area contributed by atoms with Gasteiger partial charge in [0.2, 0.25) is 0 Å². The lowest BCUT2D eigenvalue weighted by molar-refractivity contribution is 0.306. The molecule has 0 heterocycles. The second-order valence-corrected chi connectivity index (χ2v) is 6.82. The lowest BCUT2D eigenvalue weighted by Crippen LogP contribution is -2.10. The van der Waals surface area contributed by atoms with Crippen LogP contribution in [0.4, 0.5) is 5.69 Å². The van der Waals surface area contributed by atoms with Crippen molar-refractivity contribution in [1.82, 2.24) is 0 Å². The number of nitrogens with two attached hydrogens (primary N) is 1. The van der Waals surface area contributed by atoms with Crippen molar-refractivity contribution in [2.24, 2.45) is 0 Å². The van der Waals surface area contributed by atoms with E-state index in [1.165, 1.54) is 5.56 Å². The third-order valence-corrected chi connectivity index (χ3v) is 3.72. The maximum absolute atomic E-state index is 5.96. The van der Waals surface area contributed by atoms with Crippen LogP contribution in [0, 0.1) is 0 Å². The number of nitrogen functional groups attached to an aromatic ring is 1. The molecule has 0 radical (unpaired) electrons. The van der Waals surface area contributed by atoms with Crippen LogP contribution in [0.2, 0.25) is 0 Å². The summed E-state index contributed by atoms with van der Waals surface area (Å²) in [5.41, 5.74) is 9.15. The van der Waals surface area contributed by atoms with Crippen molar-refractivity contribution in [3.63, 3.8) is 0 Å². The van der Waals surface area contributed by atoms with Gasteiger partial charge in [-0.25, -0.2) is 0 Å². The highest BCUT2D eigenvalue weighted by atomic mass is 79.9. The van der Waals surface area contributed by atoms with E-state index in [0.717, 1.165) is 21.5 Å². The summed E-state index contributed by atoms with van der Waals surface area (Å²) in [7, 11) is 0. The smallest absolute Gasteiger partial charge is 0.119 e. The molecule has 2 aromatic rings. The van der Waals surface area contributed by atoms with Crippen LogP contribution in [0.25, 0.3) is 0 Å². The van der Waals surface area contributed by atoms with Crippen LogP contribution in [0.5, 0.6) is 5.75 Å². The highest BCUT2D eigenvalue weighted by Crippen LogP contribution is 2.25. The van der Waals surface area contributed by atoms with Crippen molar-refractivity contribution in [1.29, 1.82) is 0 Å². The molecule has 0 saturated carbocycles. The van der Waals surface area contributed by atoms with Crippen LogP contribution in [0.3, 0.4) is 0 Å². The number of hydrogen-bond acceptors (Lipinski definition) is 2. The molecule has 0 aliphatic rings. The van der Waals surface area contributed by atoms with Crippen molar-refractivity contribution < 1.29 is 4.74 Å². The number of benzene rings is 2. The lowest BCUT2D eigenvalue weighted by Gasteiger charge is -2.19. The van der Waals surface area contributed by atoms with Crippen LogP contribution in [-0.2, 0) is 12.0 Å². The monoisotopic (exact) mass is 333 g/mol. The molecule has 20 heavy (non-hydrogen) atoms. The fourth-order valence-electron chi connectivity index (χ4n) is 1.91. The van der Waals surface area contributed by atoms with E-state index in [-0.39, 0.29) is 5.41 Å². The van der Waals surface area contributed by atoms with Gasteiger partial charge in [0, 0.05) is 15.7 Å². The summed E-state index contributed by atoms with van der Waals surface area (Å²) >= 11 is 3.40. The predicted molar refractivity (Wildman–Crippen MR) is 88.0 cm³/mol. The maximum atomic E-state index is 5.96. The molecular weight excluding hydrogens is 314 g/mol. The lowest BCUT2D eigenvalue weighted by atomic mass is 9.87. The molecule has 106 valence electrons. The molecule has 0 saturated heterocycles. The summed E-state index contributed by atoms with van der Waals surface area (Å²) < 4.78 is 6.76. The van der Waals surface area contributed by atoms with Gasteiger partial charge in [0.1, 0.15) is 12.4 Å². The van der Waals surface area contributed by atoms with Crippen molar-refractivity contribution in [2.75, 3.05) is 5.73 Å². The van der Waals surface area contributed by atoms with Gasteiger partial charge in [-0.3, -0.25) is 0 Å². The van der Waals surface area contributed by atoms with Gasteiger partial charge >= 0.3 is 0 Å². The number of ether oxygens (including phenoxy) is 1. The minimum absolute atomic E-state index is 0.161. The SMILES string of the molecule is CC(C)(C)c1ccc(OCc2ccc(Br)cc2N)cc1. The molecule has 2 nitrogen and oxygen atoms in total. The first-order chi connectivity index (χ1) is 9.36. The summed E-state index contributed by atoms with van der Waals surface area (Å²) in [6.45, 7) is 7.08. The van der Waals surface area contributed by atoms with Gasteiger partial charge in [-0.1, -0.05) is 54.9 Å². The van der Waals surface area contributed by atoms with Gasteiger partial charge in [-0.05, 0) is 35.2 Å². The molecule has 0 aliphatic carbocycles. The number of rotatable bonds is 3. The average molecular weight is 334 g/mol. The Kier molecular flexibility index (Phi) is 4.39. The second kappa shape index (κ2) is 5.88. The van der Waals surface area contributed by atoms with Crippen LogP contribution in [-0.4, -0.2) is 0 Å². The first-order valence-corrected chi connectivity index (χ1v) is 7.43. The largest absolute Gasteiger partial charge is 0.489 e. The van der Waals surface area contributed by atoms with E-state index in [2.05, 4.69) is 48.8 Å². The Morgan fingerprint density at radius 1 is 1.05 bits per heavy atom. The number of halogens is 1. The Labute approximate surface area is 129 Å². The average Bonchev–Trinajstić information content (AvgIpc) is 2.37. The standard InChI is InChI=1S/C17H20BrNO/c1-17(2,3)13-5-8-15(9-6-13)20-11-12-4-7-14(18)10-16(12)19/h4-10H,11,19H2,1-3H3. The number of anilines is 1. The van der Waals surface area contributed by atoms with Crippen molar-refractivity contribution >= 4 is 21.6 Å². The molecule has 0 fully saturated rings. The summed E-state index contributed by atoms with van der Waals surface area (Å²) in [4.78, 5) is 0. The highest BCUT2D eigenvalue weighted by Gasteiger charge is 2.13. The first-order valence-electron chi connectivity index (χ1n) is 6.63. The predicted octanol–water partition coefficient (Wildman–Crippen LogP) is 4.91. The molecule has 0 spiro atoms. The van der Waals surface area contributed by atoms with Gasteiger partial charge in [-0.15, -0.1) is 0 Å². The second-order valence-electron chi connectivity index (χ2n) is 5.91. The molecule has 2 rings (SSSR count). The minimum atomic E-state index is 0.161. The zero-order valence-electron chi connectivity index (χ0n) is 12.1. The van der Waals surface area contributed by atoms with Crippen molar-refractivity contribution in [3.05, 3.63) is 58.1 Å². The Balaban J connectivity index is 2.04. The van der Waals surface area contributed by atoms with Gasteiger partial charge < -0.3 is 10.5 Å². The molecule has 3 heteroatoms. The maximum Gasteiger partial charge on any atom is 0.119 e. The van der Waals surface area contributed by atoms with Crippen LogP contribution in [0.15, 0.2) is 46.9 Å². The zero-order valence-corrected chi connectivity index (χ0v) is 13.7. The van der Waals surface area contributed by atoms with E-state index >= 15 is 0 Å². The molecule has 0 unspecified atom stereocenters. The zero-order chi connectivity index (χ0) is 14.8. The molecule has 0 bridgehead atoms. The molecular formula is C17H20BrNO. The fraction of sp³-hybridized carbons (Fsp3) is 0.294. The van der Waals surface area contributed by atoms with Crippen molar-refractivity contribution in [2.45, 2.75) is 32.8 Å². The highest BCUT2D eigenvalue weighted by molar-refractivity contribution is 9.10. The van der Waals surface area contributed by atoms with E-state index in [1.807, 2.05) is 30.3 Å². The van der Waals surface area contributed by atoms with E-state index in [9.17, 15) is 0 Å². The Morgan fingerprint density at radius 2 is 1.70 bits per heavy atom. The Morgan fingerprint density at radius 3 is 2.25 bits per heavy atom. The van der Waals surface area contributed by atoms with E-state index in [0.29, 0.717) is 6.61 Å². The summed E-state index contributed by atoms with van der Waals surface area (Å²) in [5, 5.41) is 0. The molecule has 0 aliphatic heterocycles. The molecule has 0 amide bonds. The van der Waals surface area contributed by atoms with Crippen LogP contribution < -0.4 is 10.5 Å². The summed E-state index contributed by atoms with van der Waals surface area (Å²) in [5.74, 6) is 0.861. The van der Waals surface area contributed by atoms with Crippen molar-refractivity contribution in [3.8, 4) is 5.75 Å². The molecule has 0 aromatic heterocycles. The summed E-state index contributed by atoms with van der Waals surface area (Å²) in [6, 6.07) is 14.1. The Bertz CT molecular complexity index is 585. The normalized spacial score (nSPS) is 11.4. The van der Waals surface area contributed by atoms with Crippen LogP contribution >= 0.6 is 15.9 Å².